The van der Waals surface area contributed by atoms with Crippen molar-refractivity contribution in [2.45, 2.75) is 11.3 Å². The molecule has 0 fully saturated rings. The monoisotopic (exact) mass is 259 g/mol. The molecule has 0 aromatic heterocycles. The second kappa shape index (κ2) is 5.75. The summed E-state index contributed by atoms with van der Waals surface area (Å²) in [6, 6.07) is 5.99. The van der Waals surface area contributed by atoms with Gasteiger partial charge in [0.1, 0.15) is 0 Å². The molecule has 0 aliphatic heterocycles. The largest absolute Gasteiger partial charge is 0.224 e. The van der Waals surface area contributed by atoms with Gasteiger partial charge in [-0.3, -0.25) is 0 Å². The molecule has 86 valence electrons. The predicted octanol–water partition coefficient (Wildman–Crippen LogP) is 2.81. The van der Waals surface area contributed by atoms with Crippen LogP contribution in [0.15, 0.2) is 34.3 Å². The van der Waals surface area contributed by atoms with Crippen LogP contribution in [0.4, 0.5) is 0 Å². The Morgan fingerprint density at radius 1 is 1.31 bits per heavy atom. The highest BCUT2D eigenvalue weighted by atomic mass is 35.5. The predicted molar refractivity (Wildman–Crippen MR) is 62.1 cm³/mol. The molecular weight excluding hydrogens is 250 g/mol. The summed E-state index contributed by atoms with van der Waals surface area (Å²) >= 11 is 5.66. The van der Waals surface area contributed by atoms with Gasteiger partial charge in [0.25, 0.3) is 0 Å². The van der Waals surface area contributed by atoms with Gasteiger partial charge in [-0.05, 0) is 36.2 Å². The zero-order valence-corrected chi connectivity index (χ0v) is 9.95. The molecule has 1 aromatic carbocycles. The molecule has 1 rings (SSSR count). The third-order valence-electron chi connectivity index (χ3n) is 1.91. The van der Waals surface area contributed by atoms with Gasteiger partial charge >= 0.3 is 0 Å². The van der Waals surface area contributed by atoms with Gasteiger partial charge in [0.15, 0.2) is 9.84 Å². The van der Waals surface area contributed by atoms with Crippen molar-refractivity contribution in [3.8, 4) is 0 Å². The van der Waals surface area contributed by atoms with E-state index in [-0.39, 0.29) is 17.2 Å². The number of azide groups is 1. The van der Waals surface area contributed by atoms with Gasteiger partial charge in [0, 0.05) is 16.5 Å². The Balaban J connectivity index is 2.70. The van der Waals surface area contributed by atoms with Gasteiger partial charge in [0.2, 0.25) is 0 Å². The van der Waals surface area contributed by atoms with E-state index in [0.717, 1.165) is 0 Å². The van der Waals surface area contributed by atoms with Crippen molar-refractivity contribution < 1.29 is 8.42 Å². The van der Waals surface area contributed by atoms with Crippen LogP contribution >= 0.6 is 11.6 Å². The van der Waals surface area contributed by atoms with Crippen LogP contribution in [-0.4, -0.2) is 20.7 Å². The van der Waals surface area contributed by atoms with Gasteiger partial charge in [0.05, 0.1) is 10.6 Å². The summed E-state index contributed by atoms with van der Waals surface area (Å²) in [7, 11) is -3.30. The molecule has 0 heterocycles. The Hall–Kier alpha value is -1.23. The number of hydrogen-bond acceptors (Lipinski definition) is 3. The third kappa shape index (κ3) is 3.73. The van der Waals surface area contributed by atoms with E-state index in [1.165, 1.54) is 24.3 Å². The summed E-state index contributed by atoms with van der Waals surface area (Å²) in [6.45, 7) is 0.184. The van der Waals surface area contributed by atoms with E-state index in [9.17, 15) is 8.42 Å². The van der Waals surface area contributed by atoms with Crippen molar-refractivity contribution in [2.75, 3.05) is 12.3 Å². The summed E-state index contributed by atoms with van der Waals surface area (Å²) in [5.41, 5.74) is 8.04. The number of benzene rings is 1. The Morgan fingerprint density at radius 3 is 2.50 bits per heavy atom. The highest BCUT2D eigenvalue weighted by Crippen LogP contribution is 2.15. The zero-order valence-electron chi connectivity index (χ0n) is 8.38. The molecule has 0 saturated carbocycles. The molecule has 7 heteroatoms. The molecule has 0 N–H and O–H groups in total. The second-order valence-corrected chi connectivity index (χ2v) is 5.63. The highest BCUT2D eigenvalue weighted by Gasteiger charge is 2.13. The smallest absolute Gasteiger partial charge is 0.178 e. The minimum absolute atomic E-state index is 0.0341. The Bertz CT molecular complexity index is 492. The molecule has 1 aromatic rings. The van der Waals surface area contributed by atoms with E-state index in [1.54, 1.807) is 0 Å². The Kier molecular flexibility index (Phi) is 4.61. The summed E-state index contributed by atoms with van der Waals surface area (Å²) in [6.07, 6.45) is 0.315. The van der Waals surface area contributed by atoms with E-state index in [1.807, 2.05) is 0 Å². The molecule has 5 nitrogen and oxygen atoms in total. The lowest BCUT2D eigenvalue weighted by Gasteiger charge is -2.02. The molecule has 0 radical (unpaired) electrons. The lowest BCUT2D eigenvalue weighted by molar-refractivity contribution is 0.593. The van der Waals surface area contributed by atoms with Crippen LogP contribution in [0.1, 0.15) is 6.42 Å². The lowest BCUT2D eigenvalue weighted by atomic mass is 10.4. The van der Waals surface area contributed by atoms with Crippen LogP contribution < -0.4 is 0 Å². The molecule has 0 amide bonds. The lowest BCUT2D eigenvalue weighted by Crippen LogP contribution is -2.07. The molecule has 16 heavy (non-hydrogen) atoms. The topological polar surface area (TPSA) is 82.9 Å². The zero-order chi connectivity index (χ0) is 12.0. The average molecular weight is 260 g/mol. The average Bonchev–Trinajstić information content (AvgIpc) is 2.25. The first kappa shape index (κ1) is 12.8. The fourth-order valence-corrected chi connectivity index (χ4v) is 2.55. The van der Waals surface area contributed by atoms with Crippen molar-refractivity contribution in [1.82, 2.24) is 0 Å². The van der Waals surface area contributed by atoms with Crippen LogP contribution in [0.25, 0.3) is 10.4 Å². The summed E-state index contributed by atoms with van der Waals surface area (Å²) in [5, 5.41) is 3.77. The number of rotatable bonds is 5. The van der Waals surface area contributed by atoms with E-state index in [2.05, 4.69) is 10.0 Å². The number of hydrogen-bond donors (Lipinski definition) is 0. The molecule has 0 unspecified atom stereocenters. The summed E-state index contributed by atoms with van der Waals surface area (Å²) < 4.78 is 23.5. The van der Waals surface area contributed by atoms with Crippen LogP contribution in [0.5, 0.6) is 0 Å². The molecule has 0 saturated heterocycles. The summed E-state index contributed by atoms with van der Waals surface area (Å²) in [5.74, 6) is -0.0341. The fourth-order valence-electron chi connectivity index (χ4n) is 1.13. The molecule has 0 spiro atoms. The third-order valence-corrected chi connectivity index (χ3v) is 3.98. The molecule has 0 aliphatic carbocycles. The first-order valence-corrected chi connectivity index (χ1v) is 6.58. The number of sulfone groups is 1. The molecule has 0 bridgehead atoms. The van der Waals surface area contributed by atoms with Crippen molar-refractivity contribution >= 4 is 21.4 Å². The molecule has 0 aliphatic rings. The van der Waals surface area contributed by atoms with E-state index < -0.39 is 9.84 Å². The highest BCUT2D eigenvalue weighted by molar-refractivity contribution is 7.91. The second-order valence-electron chi connectivity index (χ2n) is 3.08. The standard InChI is InChI=1S/C9H10ClN3O2S/c10-8-2-4-9(5-3-8)16(14,15)7-1-6-12-13-11/h2-5H,1,6-7H2. The van der Waals surface area contributed by atoms with Crippen LogP contribution in [0.2, 0.25) is 5.02 Å². The van der Waals surface area contributed by atoms with Gasteiger partial charge in [-0.25, -0.2) is 8.42 Å². The first-order chi connectivity index (χ1) is 7.56. The van der Waals surface area contributed by atoms with Crippen LogP contribution in [0, 0.1) is 0 Å². The quantitative estimate of drug-likeness (QED) is 0.352. The maximum absolute atomic E-state index is 11.7. The first-order valence-electron chi connectivity index (χ1n) is 4.55. The van der Waals surface area contributed by atoms with E-state index in [0.29, 0.717) is 11.4 Å². The minimum atomic E-state index is -3.30. The maximum Gasteiger partial charge on any atom is 0.178 e. The summed E-state index contributed by atoms with van der Waals surface area (Å²) in [4.78, 5) is 2.79. The van der Waals surface area contributed by atoms with E-state index >= 15 is 0 Å². The number of nitrogens with zero attached hydrogens (tertiary/aromatic N) is 3. The molecule has 0 atom stereocenters. The Morgan fingerprint density at radius 2 is 1.94 bits per heavy atom. The Labute approximate surface area is 98.6 Å². The van der Waals surface area contributed by atoms with Crippen molar-refractivity contribution in [1.29, 1.82) is 0 Å². The van der Waals surface area contributed by atoms with Crippen molar-refractivity contribution in [3.05, 3.63) is 39.7 Å². The van der Waals surface area contributed by atoms with E-state index in [4.69, 9.17) is 17.1 Å². The van der Waals surface area contributed by atoms with Crippen LogP contribution in [0.3, 0.4) is 0 Å². The SMILES string of the molecule is [N-]=[N+]=NCCCS(=O)(=O)c1ccc(Cl)cc1. The van der Waals surface area contributed by atoms with Crippen LogP contribution in [-0.2, 0) is 9.84 Å². The van der Waals surface area contributed by atoms with Crippen molar-refractivity contribution in [3.63, 3.8) is 0 Å². The van der Waals surface area contributed by atoms with Crippen molar-refractivity contribution in [2.24, 2.45) is 5.11 Å². The van der Waals surface area contributed by atoms with Gasteiger partial charge < -0.3 is 0 Å². The minimum Gasteiger partial charge on any atom is -0.224 e. The normalized spacial score (nSPS) is 10.8. The number of halogens is 1. The maximum atomic E-state index is 11.7. The van der Waals surface area contributed by atoms with Gasteiger partial charge in [-0.2, -0.15) is 0 Å². The fraction of sp³-hybridized carbons (Fsp3) is 0.333. The molecular formula is C9H10ClN3O2S. The van der Waals surface area contributed by atoms with Gasteiger partial charge in [-0.1, -0.05) is 16.7 Å². The van der Waals surface area contributed by atoms with Gasteiger partial charge in [-0.15, -0.1) is 0 Å².